The van der Waals surface area contributed by atoms with E-state index in [1.54, 1.807) is 0 Å². The van der Waals surface area contributed by atoms with Gasteiger partial charge in [-0.1, -0.05) is 13.0 Å². The monoisotopic (exact) mass is 201 g/mol. The number of likely N-dealkylation sites (N-methyl/N-ethyl adjacent to an activating group) is 1. The number of benzene rings is 1. The SMILES string of the molecule is CCNCCOc1c(F)cccc1F. The largest absolute Gasteiger partial charge is 0.486 e. The van der Waals surface area contributed by atoms with Gasteiger partial charge in [0, 0.05) is 6.54 Å². The molecule has 0 unspecified atom stereocenters. The second kappa shape index (κ2) is 5.54. The fourth-order valence-corrected chi connectivity index (χ4v) is 1.02. The van der Waals surface area contributed by atoms with E-state index in [9.17, 15) is 8.78 Å². The molecular weight excluding hydrogens is 188 g/mol. The van der Waals surface area contributed by atoms with Gasteiger partial charge in [0.15, 0.2) is 17.4 Å². The molecule has 0 amide bonds. The van der Waals surface area contributed by atoms with Gasteiger partial charge < -0.3 is 10.1 Å². The summed E-state index contributed by atoms with van der Waals surface area (Å²) in [5.74, 6) is -1.63. The molecule has 0 radical (unpaired) electrons. The van der Waals surface area contributed by atoms with Gasteiger partial charge in [-0.05, 0) is 18.7 Å². The molecule has 14 heavy (non-hydrogen) atoms. The summed E-state index contributed by atoms with van der Waals surface area (Å²) in [5.41, 5.74) is 0. The van der Waals surface area contributed by atoms with Crippen LogP contribution in [0.2, 0.25) is 0 Å². The van der Waals surface area contributed by atoms with Crippen molar-refractivity contribution in [2.75, 3.05) is 19.7 Å². The minimum absolute atomic E-state index is 0.256. The van der Waals surface area contributed by atoms with Crippen LogP contribution in [0.4, 0.5) is 8.78 Å². The van der Waals surface area contributed by atoms with E-state index in [1.807, 2.05) is 6.92 Å². The van der Waals surface area contributed by atoms with E-state index in [-0.39, 0.29) is 12.4 Å². The van der Waals surface area contributed by atoms with E-state index in [1.165, 1.54) is 18.2 Å². The summed E-state index contributed by atoms with van der Waals surface area (Å²) in [7, 11) is 0. The molecule has 0 bridgehead atoms. The molecular formula is C10H13F2NO. The van der Waals surface area contributed by atoms with Crippen molar-refractivity contribution in [3.05, 3.63) is 29.8 Å². The van der Waals surface area contributed by atoms with Crippen molar-refractivity contribution in [1.29, 1.82) is 0 Å². The summed E-state index contributed by atoms with van der Waals surface area (Å²) in [6.07, 6.45) is 0. The standard InChI is InChI=1S/C10H13F2NO/c1-2-13-6-7-14-10-8(11)4-3-5-9(10)12/h3-5,13H,2,6-7H2,1H3. The molecule has 1 N–H and O–H groups in total. The maximum absolute atomic E-state index is 13.0. The van der Waals surface area contributed by atoms with Gasteiger partial charge in [-0.3, -0.25) is 0 Å². The average molecular weight is 201 g/mol. The molecule has 2 nitrogen and oxygen atoms in total. The number of para-hydroxylation sites is 1. The van der Waals surface area contributed by atoms with Crippen LogP contribution >= 0.6 is 0 Å². The highest BCUT2D eigenvalue weighted by molar-refractivity contribution is 5.25. The molecule has 0 spiro atoms. The Morgan fingerprint density at radius 2 is 1.93 bits per heavy atom. The Kier molecular flexibility index (Phi) is 4.32. The van der Waals surface area contributed by atoms with Gasteiger partial charge in [-0.2, -0.15) is 0 Å². The molecule has 0 aliphatic carbocycles. The van der Waals surface area contributed by atoms with E-state index in [2.05, 4.69) is 5.32 Å². The molecule has 0 aliphatic heterocycles. The topological polar surface area (TPSA) is 21.3 Å². The van der Waals surface area contributed by atoms with Gasteiger partial charge in [0.05, 0.1) is 0 Å². The summed E-state index contributed by atoms with van der Waals surface area (Å²) in [6, 6.07) is 3.65. The number of nitrogens with one attached hydrogen (secondary N) is 1. The van der Waals surface area contributed by atoms with Crippen molar-refractivity contribution in [3.8, 4) is 5.75 Å². The average Bonchev–Trinajstić information content (AvgIpc) is 2.16. The Morgan fingerprint density at radius 3 is 2.50 bits per heavy atom. The fraction of sp³-hybridized carbons (Fsp3) is 0.400. The van der Waals surface area contributed by atoms with Gasteiger partial charge in [0.1, 0.15) is 6.61 Å². The third kappa shape index (κ3) is 2.96. The van der Waals surface area contributed by atoms with Gasteiger partial charge in [0.25, 0.3) is 0 Å². The summed E-state index contributed by atoms with van der Waals surface area (Å²) in [5, 5.41) is 2.99. The van der Waals surface area contributed by atoms with Crippen molar-refractivity contribution in [2.45, 2.75) is 6.92 Å². The number of ether oxygens (including phenoxy) is 1. The van der Waals surface area contributed by atoms with Crippen LogP contribution in [0.25, 0.3) is 0 Å². The summed E-state index contributed by atoms with van der Waals surface area (Å²) in [6.45, 7) is 3.59. The van der Waals surface area contributed by atoms with Crippen molar-refractivity contribution >= 4 is 0 Å². The summed E-state index contributed by atoms with van der Waals surface area (Å²) in [4.78, 5) is 0. The lowest BCUT2D eigenvalue weighted by molar-refractivity contribution is 0.284. The Morgan fingerprint density at radius 1 is 1.29 bits per heavy atom. The highest BCUT2D eigenvalue weighted by Gasteiger charge is 2.08. The zero-order chi connectivity index (χ0) is 10.4. The lowest BCUT2D eigenvalue weighted by atomic mass is 10.3. The normalized spacial score (nSPS) is 10.2. The highest BCUT2D eigenvalue weighted by Crippen LogP contribution is 2.20. The molecule has 0 fully saturated rings. The van der Waals surface area contributed by atoms with Crippen LogP contribution in [-0.4, -0.2) is 19.7 Å². The Hall–Kier alpha value is -1.16. The molecule has 0 saturated heterocycles. The van der Waals surface area contributed by atoms with Gasteiger partial charge in [-0.25, -0.2) is 8.78 Å². The summed E-state index contributed by atoms with van der Waals surface area (Å²) < 4.78 is 30.9. The van der Waals surface area contributed by atoms with Crippen LogP contribution in [0.5, 0.6) is 5.75 Å². The minimum Gasteiger partial charge on any atom is -0.486 e. The number of hydrogen-bond donors (Lipinski definition) is 1. The molecule has 0 atom stereocenters. The quantitative estimate of drug-likeness (QED) is 0.735. The molecule has 0 heterocycles. The van der Waals surface area contributed by atoms with Crippen molar-refractivity contribution in [1.82, 2.24) is 5.32 Å². The van der Waals surface area contributed by atoms with Crippen molar-refractivity contribution in [3.63, 3.8) is 0 Å². The Labute approximate surface area is 81.9 Å². The minimum atomic E-state index is -0.665. The smallest absolute Gasteiger partial charge is 0.190 e. The van der Waals surface area contributed by atoms with Gasteiger partial charge in [-0.15, -0.1) is 0 Å². The molecule has 1 aromatic rings. The second-order valence-electron chi connectivity index (χ2n) is 2.75. The van der Waals surface area contributed by atoms with Crippen LogP contribution in [-0.2, 0) is 0 Å². The molecule has 78 valence electrons. The Bertz CT molecular complexity index is 271. The number of rotatable bonds is 5. The van der Waals surface area contributed by atoms with Gasteiger partial charge >= 0.3 is 0 Å². The lowest BCUT2D eigenvalue weighted by Crippen LogP contribution is -2.20. The molecule has 1 rings (SSSR count). The first-order valence-electron chi connectivity index (χ1n) is 4.53. The number of halogens is 2. The second-order valence-corrected chi connectivity index (χ2v) is 2.75. The number of hydrogen-bond acceptors (Lipinski definition) is 2. The molecule has 0 saturated carbocycles. The Balaban J connectivity index is 2.49. The first-order chi connectivity index (χ1) is 6.75. The van der Waals surface area contributed by atoms with Crippen LogP contribution in [0, 0.1) is 11.6 Å². The molecule has 4 heteroatoms. The fourth-order valence-electron chi connectivity index (χ4n) is 1.02. The van der Waals surface area contributed by atoms with Crippen LogP contribution in [0.15, 0.2) is 18.2 Å². The third-order valence-corrected chi connectivity index (χ3v) is 1.69. The van der Waals surface area contributed by atoms with Crippen LogP contribution in [0.3, 0.4) is 0 Å². The predicted molar refractivity (Wildman–Crippen MR) is 50.4 cm³/mol. The first kappa shape index (κ1) is 10.9. The van der Waals surface area contributed by atoms with E-state index in [0.717, 1.165) is 6.54 Å². The van der Waals surface area contributed by atoms with Crippen molar-refractivity contribution in [2.24, 2.45) is 0 Å². The zero-order valence-electron chi connectivity index (χ0n) is 8.02. The van der Waals surface area contributed by atoms with Crippen LogP contribution in [0.1, 0.15) is 6.92 Å². The van der Waals surface area contributed by atoms with E-state index in [4.69, 9.17) is 4.74 Å². The van der Waals surface area contributed by atoms with Crippen LogP contribution < -0.4 is 10.1 Å². The highest BCUT2D eigenvalue weighted by atomic mass is 19.1. The third-order valence-electron chi connectivity index (χ3n) is 1.69. The molecule has 0 aliphatic rings. The summed E-state index contributed by atoms with van der Waals surface area (Å²) >= 11 is 0. The molecule has 0 aromatic heterocycles. The van der Waals surface area contributed by atoms with E-state index in [0.29, 0.717) is 6.54 Å². The molecule has 1 aromatic carbocycles. The van der Waals surface area contributed by atoms with Gasteiger partial charge in [0.2, 0.25) is 0 Å². The zero-order valence-corrected chi connectivity index (χ0v) is 8.02. The van der Waals surface area contributed by atoms with Crippen molar-refractivity contribution < 1.29 is 13.5 Å². The maximum atomic E-state index is 13.0. The lowest BCUT2D eigenvalue weighted by Gasteiger charge is -2.07. The predicted octanol–water partition coefficient (Wildman–Crippen LogP) is 1.95. The maximum Gasteiger partial charge on any atom is 0.190 e. The van der Waals surface area contributed by atoms with E-state index >= 15 is 0 Å². The first-order valence-corrected chi connectivity index (χ1v) is 4.53. The van der Waals surface area contributed by atoms with E-state index < -0.39 is 11.6 Å².